The lowest BCUT2D eigenvalue weighted by Gasteiger charge is -2.24. The average molecular weight is 189 g/mol. The van der Waals surface area contributed by atoms with E-state index in [0.29, 0.717) is 11.6 Å². The largest absolute Gasteiger partial charge is 0.385 e. The Kier molecular flexibility index (Phi) is 2.45. The minimum Gasteiger partial charge on any atom is -0.385 e. The van der Waals surface area contributed by atoms with Crippen molar-refractivity contribution in [2.75, 3.05) is 5.73 Å². The summed E-state index contributed by atoms with van der Waals surface area (Å²) in [5, 5.41) is 8.75. The third kappa shape index (κ3) is 1.60. The lowest BCUT2D eigenvalue weighted by atomic mass is 9.95. The Labute approximate surface area is 84.1 Å². The van der Waals surface area contributed by atoms with Gasteiger partial charge >= 0.3 is 0 Å². The van der Waals surface area contributed by atoms with Crippen LogP contribution in [0.3, 0.4) is 0 Å². The van der Waals surface area contributed by atoms with Crippen LogP contribution in [0, 0.1) is 11.3 Å². The summed E-state index contributed by atoms with van der Waals surface area (Å²) in [6.45, 7) is 0. The average Bonchev–Trinajstić information content (AvgIpc) is 2.61. The van der Waals surface area contributed by atoms with Gasteiger partial charge in [0, 0.05) is 12.2 Å². The van der Waals surface area contributed by atoms with Gasteiger partial charge in [0.25, 0.3) is 0 Å². The number of nitrogens with zero attached hydrogens (tertiary/aromatic N) is 2. The quantitative estimate of drug-likeness (QED) is 0.737. The van der Waals surface area contributed by atoms with Gasteiger partial charge in [0.05, 0.1) is 5.56 Å². The molecule has 0 spiro atoms. The van der Waals surface area contributed by atoms with Crippen LogP contribution in [-0.2, 0) is 0 Å². The first kappa shape index (κ1) is 9.14. The Hall–Kier alpha value is -1.43. The summed E-state index contributed by atoms with van der Waals surface area (Å²) in [4.78, 5) is 0. The number of nitriles is 1. The third-order valence-corrected chi connectivity index (χ3v) is 2.98. The maximum atomic E-state index is 8.75. The van der Waals surface area contributed by atoms with Gasteiger partial charge in [0.2, 0.25) is 0 Å². The zero-order valence-corrected chi connectivity index (χ0v) is 8.24. The van der Waals surface area contributed by atoms with E-state index in [9.17, 15) is 0 Å². The molecule has 2 N–H and O–H groups in total. The highest BCUT2D eigenvalue weighted by Crippen LogP contribution is 2.30. The van der Waals surface area contributed by atoms with Crippen molar-refractivity contribution in [1.29, 1.82) is 5.26 Å². The van der Waals surface area contributed by atoms with E-state index < -0.39 is 0 Å². The molecule has 3 nitrogen and oxygen atoms in total. The summed E-state index contributed by atoms with van der Waals surface area (Å²) < 4.78 is 2.07. The monoisotopic (exact) mass is 189 g/mol. The Morgan fingerprint density at radius 1 is 1.36 bits per heavy atom. The van der Waals surface area contributed by atoms with Gasteiger partial charge < -0.3 is 10.3 Å². The van der Waals surface area contributed by atoms with Crippen molar-refractivity contribution in [2.24, 2.45) is 0 Å². The van der Waals surface area contributed by atoms with Crippen LogP contribution < -0.4 is 5.73 Å². The topological polar surface area (TPSA) is 54.7 Å². The molecule has 0 unspecified atom stereocenters. The minimum atomic E-state index is 0.519. The zero-order valence-electron chi connectivity index (χ0n) is 8.24. The fraction of sp³-hybridized carbons (Fsp3) is 0.545. The molecule has 0 bridgehead atoms. The first-order valence-electron chi connectivity index (χ1n) is 5.18. The van der Waals surface area contributed by atoms with Gasteiger partial charge in [-0.15, -0.1) is 0 Å². The van der Waals surface area contributed by atoms with Gasteiger partial charge in [0.1, 0.15) is 11.9 Å². The molecule has 1 aliphatic rings. The van der Waals surface area contributed by atoms with Crippen molar-refractivity contribution in [3.05, 3.63) is 17.8 Å². The summed E-state index contributed by atoms with van der Waals surface area (Å²) in [5.41, 5.74) is 6.53. The van der Waals surface area contributed by atoms with Crippen LogP contribution in [0.4, 0.5) is 5.82 Å². The second-order valence-corrected chi connectivity index (χ2v) is 3.96. The number of aromatic nitrogens is 1. The zero-order chi connectivity index (χ0) is 9.97. The number of anilines is 1. The smallest absolute Gasteiger partial charge is 0.104 e. The molecule has 1 aliphatic carbocycles. The lowest BCUT2D eigenvalue weighted by molar-refractivity contribution is 0.357. The molecule has 2 rings (SSSR count). The van der Waals surface area contributed by atoms with Gasteiger partial charge in [-0.25, -0.2) is 0 Å². The van der Waals surface area contributed by atoms with E-state index in [4.69, 9.17) is 11.0 Å². The summed E-state index contributed by atoms with van der Waals surface area (Å²) in [7, 11) is 0. The van der Waals surface area contributed by atoms with Gasteiger partial charge in [-0.05, 0) is 18.9 Å². The number of nitrogens with two attached hydrogens (primary N) is 1. The number of hydrogen-bond acceptors (Lipinski definition) is 2. The van der Waals surface area contributed by atoms with E-state index in [2.05, 4.69) is 10.6 Å². The van der Waals surface area contributed by atoms with Gasteiger partial charge in [-0.2, -0.15) is 5.26 Å². The van der Waals surface area contributed by atoms with E-state index >= 15 is 0 Å². The van der Waals surface area contributed by atoms with Crippen molar-refractivity contribution in [1.82, 2.24) is 4.57 Å². The second kappa shape index (κ2) is 3.75. The maximum absolute atomic E-state index is 8.75. The van der Waals surface area contributed by atoms with Crippen molar-refractivity contribution in [2.45, 2.75) is 38.1 Å². The summed E-state index contributed by atoms with van der Waals surface area (Å²) >= 11 is 0. The van der Waals surface area contributed by atoms with E-state index in [0.717, 1.165) is 5.82 Å². The van der Waals surface area contributed by atoms with Gasteiger partial charge in [0.15, 0.2) is 0 Å². The Bertz CT molecular complexity index is 353. The fourth-order valence-electron chi connectivity index (χ4n) is 2.23. The standard InChI is InChI=1S/C11H15N3/c12-7-9-6-11(13)14(8-9)10-4-2-1-3-5-10/h6,8,10H,1-5,13H2. The van der Waals surface area contributed by atoms with Crippen molar-refractivity contribution >= 4 is 5.82 Å². The highest BCUT2D eigenvalue weighted by molar-refractivity contribution is 5.42. The Morgan fingerprint density at radius 2 is 2.07 bits per heavy atom. The Morgan fingerprint density at radius 3 is 2.64 bits per heavy atom. The van der Waals surface area contributed by atoms with Crippen LogP contribution >= 0.6 is 0 Å². The van der Waals surface area contributed by atoms with E-state index in [-0.39, 0.29) is 0 Å². The molecule has 14 heavy (non-hydrogen) atoms. The van der Waals surface area contributed by atoms with Gasteiger partial charge in [-0.1, -0.05) is 19.3 Å². The molecule has 1 aromatic heterocycles. The summed E-state index contributed by atoms with van der Waals surface area (Å²) in [6, 6.07) is 4.40. The minimum absolute atomic E-state index is 0.519. The van der Waals surface area contributed by atoms with Crippen LogP contribution in [-0.4, -0.2) is 4.57 Å². The van der Waals surface area contributed by atoms with E-state index in [1.54, 1.807) is 6.07 Å². The van der Waals surface area contributed by atoms with Crippen molar-refractivity contribution < 1.29 is 0 Å². The predicted octanol–water partition coefficient (Wildman–Crippen LogP) is 2.45. The molecule has 0 aromatic carbocycles. The van der Waals surface area contributed by atoms with E-state index in [1.807, 2.05) is 6.20 Å². The van der Waals surface area contributed by atoms with Crippen molar-refractivity contribution in [3.63, 3.8) is 0 Å². The van der Waals surface area contributed by atoms with Crippen LogP contribution in [0.25, 0.3) is 0 Å². The highest BCUT2D eigenvalue weighted by Gasteiger charge is 2.17. The maximum Gasteiger partial charge on any atom is 0.104 e. The molecule has 3 heteroatoms. The third-order valence-electron chi connectivity index (χ3n) is 2.98. The molecule has 0 atom stereocenters. The molecule has 1 aromatic rings. The van der Waals surface area contributed by atoms with E-state index in [1.165, 1.54) is 32.1 Å². The molecular formula is C11H15N3. The first-order valence-corrected chi connectivity index (χ1v) is 5.18. The molecule has 0 radical (unpaired) electrons. The number of rotatable bonds is 1. The molecule has 1 heterocycles. The van der Waals surface area contributed by atoms with Crippen LogP contribution in [0.1, 0.15) is 43.7 Å². The predicted molar refractivity (Wildman–Crippen MR) is 55.7 cm³/mol. The SMILES string of the molecule is N#Cc1cc(N)n(C2CCCCC2)c1. The van der Waals surface area contributed by atoms with Crippen LogP contribution in [0.15, 0.2) is 12.3 Å². The number of hydrogen-bond donors (Lipinski definition) is 1. The van der Waals surface area contributed by atoms with Gasteiger partial charge in [-0.3, -0.25) is 0 Å². The molecule has 1 fully saturated rings. The summed E-state index contributed by atoms with van der Waals surface area (Å²) in [6.07, 6.45) is 8.18. The molecule has 74 valence electrons. The molecule has 1 saturated carbocycles. The van der Waals surface area contributed by atoms with Crippen molar-refractivity contribution in [3.8, 4) is 6.07 Å². The fourth-order valence-corrected chi connectivity index (χ4v) is 2.23. The lowest BCUT2D eigenvalue weighted by Crippen LogP contribution is -2.13. The van der Waals surface area contributed by atoms with Crippen LogP contribution in [0.2, 0.25) is 0 Å². The second-order valence-electron chi connectivity index (χ2n) is 3.96. The molecular weight excluding hydrogens is 174 g/mol. The first-order chi connectivity index (χ1) is 6.81. The summed E-state index contributed by atoms with van der Waals surface area (Å²) in [5.74, 6) is 0.730. The highest BCUT2D eigenvalue weighted by atomic mass is 15.1. The molecule has 0 aliphatic heterocycles. The van der Waals surface area contributed by atoms with Crippen LogP contribution in [0.5, 0.6) is 0 Å². The molecule has 0 saturated heterocycles. The number of nitrogen functional groups attached to an aromatic ring is 1. The molecule has 0 amide bonds. The normalized spacial score (nSPS) is 17.9. The Balaban J connectivity index is 2.22.